The van der Waals surface area contributed by atoms with E-state index in [1.807, 2.05) is 0 Å². The zero-order valence-corrected chi connectivity index (χ0v) is 12.5. The van der Waals surface area contributed by atoms with Crippen molar-refractivity contribution in [1.29, 1.82) is 0 Å². The second kappa shape index (κ2) is 5.79. The molecule has 1 aromatic carbocycles. The number of benzene rings is 1. The average Bonchev–Trinajstić information content (AvgIpc) is 2.88. The van der Waals surface area contributed by atoms with Crippen molar-refractivity contribution in [2.75, 3.05) is 11.9 Å². The average molecular weight is 297 g/mol. The molecule has 0 bridgehead atoms. The van der Waals surface area contributed by atoms with E-state index in [-0.39, 0.29) is 11.5 Å². The molecule has 0 saturated heterocycles. The first-order valence-corrected chi connectivity index (χ1v) is 7.49. The first-order valence-electron chi connectivity index (χ1n) is 7.49. The Morgan fingerprint density at radius 1 is 1.32 bits per heavy atom. The molecule has 0 spiro atoms. The quantitative estimate of drug-likeness (QED) is 0.669. The Morgan fingerprint density at radius 3 is 2.86 bits per heavy atom. The molecule has 1 N–H and O–H groups in total. The van der Waals surface area contributed by atoms with E-state index in [4.69, 9.17) is 4.74 Å². The minimum absolute atomic E-state index is 0.00933. The Kier molecular flexibility index (Phi) is 3.84. The lowest BCUT2D eigenvalue weighted by atomic mass is 9.79. The minimum Gasteiger partial charge on any atom is -0.492 e. The molecule has 0 fully saturated rings. The van der Waals surface area contributed by atoms with E-state index in [9.17, 15) is 9.59 Å². The highest BCUT2D eigenvalue weighted by Crippen LogP contribution is 2.41. The minimum atomic E-state index is -0.00933. The predicted octanol–water partition coefficient (Wildman–Crippen LogP) is 3.36. The van der Waals surface area contributed by atoms with Crippen LogP contribution in [0.1, 0.15) is 40.5 Å². The Balaban J connectivity index is 1.69. The van der Waals surface area contributed by atoms with Crippen molar-refractivity contribution in [3.05, 3.63) is 53.3 Å². The molecule has 1 unspecified atom stereocenters. The molecule has 0 amide bonds. The molecular weight excluding hydrogens is 278 g/mol. The van der Waals surface area contributed by atoms with Crippen LogP contribution in [0.5, 0.6) is 0 Å². The molecule has 0 saturated carbocycles. The van der Waals surface area contributed by atoms with Gasteiger partial charge in [0, 0.05) is 22.2 Å². The molecule has 1 heterocycles. The Labute approximate surface area is 129 Å². The summed E-state index contributed by atoms with van der Waals surface area (Å²) < 4.78 is 6.01. The summed E-state index contributed by atoms with van der Waals surface area (Å²) in [6.45, 7) is 2.75. The second-order valence-electron chi connectivity index (χ2n) is 6.00. The monoisotopic (exact) mass is 297 g/mol. The van der Waals surface area contributed by atoms with Crippen LogP contribution >= 0.6 is 0 Å². The van der Waals surface area contributed by atoms with Crippen molar-refractivity contribution in [2.24, 2.45) is 5.41 Å². The topological polar surface area (TPSA) is 55.4 Å². The maximum absolute atomic E-state index is 11.0. The van der Waals surface area contributed by atoms with Gasteiger partial charge in [0.15, 0.2) is 12.6 Å². The molecule has 2 aliphatic rings. The van der Waals surface area contributed by atoms with Crippen LogP contribution in [-0.2, 0) is 4.74 Å². The van der Waals surface area contributed by atoms with Crippen molar-refractivity contribution in [3.63, 3.8) is 0 Å². The van der Waals surface area contributed by atoms with Crippen molar-refractivity contribution < 1.29 is 14.3 Å². The van der Waals surface area contributed by atoms with Crippen LogP contribution in [0.25, 0.3) is 0 Å². The molecule has 22 heavy (non-hydrogen) atoms. The Hall–Kier alpha value is -2.36. The fourth-order valence-corrected chi connectivity index (χ4v) is 3.07. The normalized spacial score (nSPS) is 25.9. The number of fused-ring (bicyclic) bond motifs is 1. The van der Waals surface area contributed by atoms with Crippen molar-refractivity contribution in [2.45, 2.75) is 25.9 Å². The summed E-state index contributed by atoms with van der Waals surface area (Å²) >= 11 is 0. The number of aldehydes is 2. The molecule has 1 aliphatic heterocycles. The van der Waals surface area contributed by atoms with Crippen LogP contribution in [-0.4, -0.2) is 25.2 Å². The van der Waals surface area contributed by atoms with Crippen molar-refractivity contribution in [3.8, 4) is 0 Å². The van der Waals surface area contributed by atoms with E-state index in [0.717, 1.165) is 24.3 Å². The molecule has 0 aromatic heterocycles. The molecule has 1 aromatic rings. The standard InChI is InChI=1S/C18H19NO3/c1-18-7-3-2-4-17(18)22-16(9-18)10-19-15-6-5-13(11-20)14(8-15)12-21/h3,5-9,11-12,17,19H,2,4,10H2,1H3/t17?,18-/m1/s1. The summed E-state index contributed by atoms with van der Waals surface area (Å²) in [4.78, 5) is 21.8. The highest BCUT2D eigenvalue weighted by Gasteiger charge is 2.39. The maximum atomic E-state index is 11.0. The number of nitrogens with one attached hydrogen (secondary N) is 1. The number of anilines is 1. The van der Waals surface area contributed by atoms with Crippen LogP contribution in [0.15, 0.2) is 42.2 Å². The van der Waals surface area contributed by atoms with Crippen LogP contribution in [0.3, 0.4) is 0 Å². The summed E-state index contributed by atoms with van der Waals surface area (Å²) in [5.41, 5.74) is 1.59. The van der Waals surface area contributed by atoms with Gasteiger partial charge in [0.2, 0.25) is 0 Å². The smallest absolute Gasteiger partial charge is 0.150 e. The molecular formula is C18H19NO3. The second-order valence-corrected chi connectivity index (χ2v) is 6.00. The summed E-state index contributed by atoms with van der Waals surface area (Å²) in [7, 11) is 0. The number of hydrogen-bond donors (Lipinski definition) is 1. The first-order chi connectivity index (χ1) is 10.6. The van der Waals surface area contributed by atoms with E-state index >= 15 is 0 Å². The molecule has 1 aliphatic carbocycles. The molecule has 2 atom stereocenters. The lowest BCUT2D eigenvalue weighted by Crippen LogP contribution is -2.28. The van der Waals surface area contributed by atoms with Crippen LogP contribution in [0, 0.1) is 5.41 Å². The summed E-state index contributed by atoms with van der Waals surface area (Å²) in [5, 5.41) is 3.25. The van der Waals surface area contributed by atoms with E-state index < -0.39 is 0 Å². The zero-order chi connectivity index (χ0) is 15.6. The highest BCUT2D eigenvalue weighted by molar-refractivity contribution is 5.91. The summed E-state index contributed by atoms with van der Waals surface area (Å²) in [5.74, 6) is 0.922. The van der Waals surface area contributed by atoms with Gasteiger partial charge in [0.1, 0.15) is 11.9 Å². The van der Waals surface area contributed by atoms with E-state index in [2.05, 4.69) is 30.5 Å². The van der Waals surface area contributed by atoms with E-state index in [0.29, 0.717) is 30.2 Å². The Morgan fingerprint density at radius 2 is 2.14 bits per heavy atom. The SMILES string of the molecule is C[C@]12C=CCCC1OC(CNc1ccc(C=O)c(C=O)c1)=C2. The fraction of sp³-hybridized carbons (Fsp3) is 0.333. The van der Waals surface area contributed by atoms with Crippen LogP contribution < -0.4 is 5.32 Å². The Bertz CT molecular complexity index is 662. The third kappa shape index (κ3) is 2.69. The van der Waals surface area contributed by atoms with Crippen LogP contribution in [0.2, 0.25) is 0 Å². The third-order valence-electron chi connectivity index (χ3n) is 4.34. The summed E-state index contributed by atoms with van der Waals surface area (Å²) in [6.07, 6.45) is 10.3. The van der Waals surface area contributed by atoms with Gasteiger partial charge in [-0.25, -0.2) is 0 Å². The van der Waals surface area contributed by atoms with Gasteiger partial charge in [-0.15, -0.1) is 0 Å². The maximum Gasteiger partial charge on any atom is 0.150 e. The van der Waals surface area contributed by atoms with Gasteiger partial charge >= 0.3 is 0 Å². The number of carbonyl (C=O) groups is 2. The number of ether oxygens (including phenoxy) is 1. The van der Waals surface area contributed by atoms with Gasteiger partial charge < -0.3 is 10.1 Å². The van der Waals surface area contributed by atoms with Gasteiger partial charge in [0.05, 0.1) is 6.54 Å². The van der Waals surface area contributed by atoms with Gasteiger partial charge in [-0.05, 0) is 44.0 Å². The lowest BCUT2D eigenvalue weighted by molar-refractivity contribution is 0.0786. The van der Waals surface area contributed by atoms with Gasteiger partial charge in [0.25, 0.3) is 0 Å². The molecule has 3 rings (SSSR count). The summed E-state index contributed by atoms with van der Waals surface area (Å²) in [6, 6.07) is 5.12. The lowest BCUT2D eigenvalue weighted by Gasteiger charge is -2.29. The van der Waals surface area contributed by atoms with Crippen molar-refractivity contribution in [1.82, 2.24) is 0 Å². The highest BCUT2D eigenvalue weighted by atomic mass is 16.5. The van der Waals surface area contributed by atoms with Gasteiger partial charge in [-0.3, -0.25) is 9.59 Å². The third-order valence-corrected chi connectivity index (χ3v) is 4.34. The number of hydrogen-bond acceptors (Lipinski definition) is 4. The van der Waals surface area contributed by atoms with E-state index in [1.54, 1.807) is 18.2 Å². The molecule has 4 nitrogen and oxygen atoms in total. The molecule has 0 radical (unpaired) electrons. The zero-order valence-electron chi connectivity index (χ0n) is 12.5. The first kappa shape index (κ1) is 14.6. The van der Waals surface area contributed by atoms with Gasteiger partial charge in [-0.1, -0.05) is 12.2 Å². The number of allylic oxidation sites excluding steroid dienone is 1. The predicted molar refractivity (Wildman–Crippen MR) is 85.1 cm³/mol. The van der Waals surface area contributed by atoms with Crippen molar-refractivity contribution >= 4 is 18.3 Å². The fourth-order valence-electron chi connectivity index (χ4n) is 3.07. The van der Waals surface area contributed by atoms with E-state index in [1.165, 1.54) is 0 Å². The van der Waals surface area contributed by atoms with Crippen LogP contribution in [0.4, 0.5) is 5.69 Å². The number of rotatable bonds is 5. The largest absolute Gasteiger partial charge is 0.492 e. The van der Waals surface area contributed by atoms with Gasteiger partial charge in [-0.2, -0.15) is 0 Å². The number of carbonyl (C=O) groups excluding carboxylic acids is 2. The molecule has 4 heteroatoms. The molecule has 114 valence electrons.